The number of hydrogen-bond donors (Lipinski definition) is 3. The van der Waals surface area contributed by atoms with Crippen LogP contribution in [0.2, 0.25) is 0 Å². The van der Waals surface area contributed by atoms with E-state index in [1.54, 1.807) is 6.33 Å². The van der Waals surface area contributed by atoms with Gasteiger partial charge >= 0.3 is 0 Å². The van der Waals surface area contributed by atoms with E-state index in [0.717, 1.165) is 37.3 Å². The van der Waals surface area contributed by atoms with Crippen LogP contribution in [0.1, 0.15) is 43.4 Å². The van der Waals surface area contributed by atoms with Gasteiger partial charge in [-0.3, -0.25) is 0 Å². The zero-order chi connectivity index (χ0) is 16.5. The summed E-state index contributed by atoms with van der Waals surface area (Å²) in [6.07, 6.45) is 5.35. The Balaban J connectivity index is 1.44. The Kier molecular flexibility index (Phi) is 4.10. The molecule has 1 fully saturated rings. The van der Waals surface area contributed by atoms with Crippen LogP contribution in [0.25, 0.3) is 0 Å². The van der Waals surface area contributed by atoms with Crippen LogP contribution < -0.4 is 10.6 Å². The lowest BCUT2D eigenvalue weighted by molar-refractivity contribution is 0.141. The van der Waals surface area contributed by atoms with Gasteiger partial charge in [-0.15, -0.1) is 0 Å². The van der Waals surface area contributed by atoms with E-state index in [4.69, 9.17) is 0 Å². The van der Waals surface area contributed by atoms with Gasteiger partial charge in [0.05, 0.1) is 12.1 Å². The third-order valence-corrected chi connectivity index (χ3v) is 5.31. The van der Waals surface area contributed by atoms with Gasteiger partial charge in [0.2, 0.25) is 0 Å². The molecule has 2 aromatic rings. The summed E-state index contributed by atoms with van der Waals surface area (Å²) in [6, 6.07) is 11.2. The van der Waals surface area contributed by atoms with Crippen molar-refractivity contribution in [2.45, 2.75) is 50.8 Å². The summed E-state index contributed by atoms with van der Waals surface area (Å²) < 4.78 is 0. The highest BCUT2D eigenvalue weighted by molar-refractivity contribution is 5.50. The Bertz CT molecular complexity index is 710. The highest BCUT2D eigenvalue weighted by atomic mass is 16.3. The van der Waals surface area contributed by atoms with Crippen LogP contribution in [0.4, 0.5) is 11.6 Å². The van der Waals surface area contributed by atoms with Gasteiger partial charge in [0.1, 0.15) is 18.0 Å². The quantitative estimate of drug-likeness (QED) is 0.806. The van der Waals surface area contributed by atoms with E-state index in [2.05, 4.69) is 51.8 Å². The number of aliphatic hydroxyl groups is 1. The van der Waals surface area contributed by atoms with Gasteiger partial charge in [-0.1, -0.05) is 31.2 Å². The number of nitrogens with one attached hydrogen (secondary N) is 2. The van der Waals surface area contributed by atoms with Crippen molar-refractivity contribution in [1.29, 1.82) is 0 Å². The number of anilines is 2. The van der Waals surface area contributed by atoms with Gasteiger partial charge in [-0.25, -0.2) is 9.97 Å². The predicted octanol–water partition coefficient (Wildman–Crippen LogP) is 3.15. The lowest BCUT2D eigenvalue weighted by atomic mass is 10.1. The van der Waals surface area contributed by atoms with E-state index < -0.39 is 0 Å². The largest absolute Gasteiger partial charge is 0.393 e. The maximum atomic E-state index is 9.90. The smallest absolute Gasteiger partial charge is 0.131 e. The number of rotatable bonds is 4. The molecule has 0 spiro atoms. The number of aryl methyl sites for hydroxylation is 1. The molecule has 0 unspecified atom stereocenters. The van der Waals surface area contributed by atoms with Crippen LogP contribution >= 0.6 is 0 Å². The molecule has 1 heterocycles. The van der Waals surface area contributed by atoms with Crippen LogP contribution in [0.5, 0.6) is 0 Å². The van der Waals surface area contributed by atoms with Crippen LogP contribution in [-0.4, -0.2) is 27.2 Å². The molecular weight excluding hydrogens is 300 g/mol. The standard InChI is InChI=1S/C19H24N4O/c1-12-8-14(9-17(12)24)22-18-10-19(21-11-20-18)23-16-7-6-13-4-2-3-5-15(13)16/h2-5,10-12,14,16-17,24H,6-9H2,1H3,(H2,20,21,22,23)/t12-,14-,16+,17+/m1/s1. The van der Waals surface area contributed by atoms with Crippen LogP contribution in [0.3, 0.4) is 0 Å². The second-order valence-corrected chi connectivity index (χ2v) is 7.08. The third kappa shape index (κ3) is 3.08. The van der Waals surface area contributed by atoms with E-state index in [1.807, 2.05) is 6.07 Å². The first-order chi connectivity index (χ1) is 11.7. The highest BCUT2D eigenvalue weighted by Crippen LogP contribution is 2.33. The Hall–Kier alpha value is -2.14. The SMILES string of the molecule is C[C@@H]1C[C@@H](Nc2cc(N[C@H]3CCc4ccccc43)ncn2)C[C@@H]1O. The molecular formula is C19H24N4O. The van der Waals surface area contributed by atoms with Crippen molar-refractivity contribution < 1.29 is 5.11 Å². The summed E-state index contributed by atoms with van der Waals surface area (Å²) in [5.74, 6) is 2.02. The zero-order valence-electron chi connectivity index (χ0n) is 13.9. The molecule has 5 nitrogen and oxygen atoms in total. The van der Waals surface area contributed by atoms with Gasteiger partial charge in [0.25, 0.3) is 0 Å². The lowest BCUT2D eigenvalue weighted by Gasteiger charge is -2.17. The van der Waals surface area contributed by atoms with Crippen molar-refractivity contribution in [3.05, 3.63) is 47.8 Å². The Morgan fingerprint density at radius 3 is 2.67 bits per heavy atom. The number of benzene rings is 1. The maximum absolute atomic E-state index is 9.90. The summed E-state index contributed by atoms with van der Waals surface area (Å²) in [5.41, 5.74) is 2.80. The first kappa shape index (κ1) is 15.4. The average Bonchev–Trinajstić information content (AvgIpc) is 3.12. The summed E-state index contributed by atoms with van der Waals surface area (Å²) in [4.78, 5) is 8.70. The molecule has 24 heavy (non-hydrogen) atoms. The molecule has 1 aromatic heterocycles. The average molecular weight is 324 g/mol. The van der Waals surface area contributed by atoms with Gasteiger partial charge < -0.3 is 15.7 Å². The van der Waals surface area contributed by atoms with Crippen molar-refractivity contribution >= 4 is 11.6 Å². The number of hydrogen-bond acceptors (Lipinski definition) is 5. The van der Waals surface area contributed by atoms with Gasteiger partial charge in [-0.05, 0) is 42.7 Å². The molecule has 5 heteroatoms. The lowest BCUT2D eigenvalue weighted by Crippen LogP contribution is -2.18. The second-order valence-electron chi connectivity index (χ2n) is 7.08. The molecule has 0 radical (unpaired) electrons. The molecule has 126 valence electrons. The fourth-order valence-electron chi connectivity index (χ4n) is 3.95. The highest BCUT2D eigenvalue weighted by Gasteiger charge is 2.30. The van der Waals surface area contributed by atoms with Gasteiger partial charge in [-0.2, -0.15) is 0 Å². The fourth-order valence-corrected chi connectivity index (χ4v) is 3.95. The minimum Gasteiger partial charge on any atom is -0.393 e. The summed E-state index contributed by atoms with van der Waals surface area (Å²) in [6.45, 7) is 2.09. The molecule has 0 aliphatic heterocycles. The van der Waals surface area contributed by atoms with E-state index in [1.165, 1.54) is 11.1 Å². The van der Waals surface area contributed by atoms with Crippen molar-refractivity contribution in [1.82, 2.24) is 9.97 Å². The van der Waals surface area contributed by atoms with E-state index >= 15 is 0 Å². The second kappa shape index (κ2) is 6.40. The topological polar surface area (TPSA) is 70.1 Å². The minimum atomic E-state index is -0.211. The van der Waals surface area contributed by atoms with Crippen molar-refractivity contribution in [3.8, 4) is 0 Å². The molecule has 4 rings (SSSR count). The zero-order valence-corrected chi connectivity index (χ0v) is 13.9. The summed E-state index contributed by atoms with van der Waals surface area (Å²) >= 11 is 0. The molecule has 4 atom stereocenters. The Labute approximate surface area is 142 Å². The van der Waals surface area contributed by atoms with Crippen molar-refractivity contribution in [3.63, 3.8) is 0 Å². The van der Waals surface area contributed by atoms with Crippen LogP contribution in [0.15, 0.2) is 36.7 Å². The Morgan fingerprint density at radius 1 is 1.08 bits per heavy atom. The van der Waals surface area contributed by atoms with Crippen molar-refractivity contribution in [2.24, 2.45) is 5.92 Å². The minimum absolute atomic E-state index is 0.211. The van der Waals surface area contributed by atoms with E-state index in [9.17, 15) is 5.11 Å². The van der Waals surface area contributed by atoms with E-state index in [0.29, 0.717) is 12.0 Å². The molecule has 2 aliphatic rings. The van der Waals surface area contributed by atoms with Crippen molar-refractivity contribution in [2.75, 3.05) is 10.6 Å². The molecule has 0 saturated heterocycles. The number of aromatic nitrogens is 2. The number of fused-ring (bicyclic) bond motifs is 1. The van der Waals surface area contributed by atoms with E-state index in [-0.39, 0.29) is 12.1 Å². The summed E-state index contributed by atoms with van der Waals surface area (Å²) in [5, 5.41) is 16.9. The normalized spacial score (nSPS) is 28.6. The van der Waals surface area contributed by atoms with Crippen LogP contribution in [-0.2, 0) is 6.42 Å². The molecule has 0 bridgehead atoms. The molecule has 0 amide bonds. The number of nitrogens with zero attached hydrogens (tertiary/aromatic N) is 2. The van der Waals surface area contributed by atoms with Gasteiger partial charge in [0, 0.05) is 12.1 Å². The molecule has 1 saturated carbocycles. The third-order valence-electron chi connectivity index (χ3n) is 5.31. The monoisotopic (exact) mass is 324 g/mol. The molecule has 2 aliphatic carbocycles. The molecule has 1 aromatic carbocycles. The number of aliphatic hydroxyl groups excluding tert-OH is 1. The van der Waals surface area contributed by atoms with Crippen LogP contribution in [0, 0.1) is 5.92 Å². The Morgan fingerprint density at radius 2 is 1.88 bits per heavy atom. The fraction of sp³-hybridized carbons (Fsp3) is 0.474. The maximum Gasteiger partial charge on any atom is 0.131 e. The first-order valence-electron chi connectivity index (χ1n) is 8.80. The predicted molar refractivity (Wildman–Crippen MR) is 95.0 cm³/mol. The summed E-state index contributed by atoms with van der Waals surface area (Å²) in [7, 11) is 0. The first-order valence-corrected chi connectivity index (χ1v) is 8.80. The molecule has 3 N–H and O–H groups in total. The van der Waals surface area contributed by atoms with Gasteiger partial charge in [0.15, 0.2) is 0 Å².